The molecule has 15 heavy (non-hydrogen) atoms. The molecule has 0 saturated carbocycles. The van der Waals surface area contributed by atoms with E-state index in [0.717, 1.165) is 0 Å². The number of ether oxygens (including phenoxy) is 3. The molecule has 1 rings (SSSR count). The number of methoxy groups -OCH3 is 3. The average molecular weight is 210 g/mol. The largest absolute Gasteiger partial charge is 0.493 e. The Morgan fingerprint density at radius 1 is 1.13 bits per heavy atom. The lowest BCUT2D eigenvalue weighted by molar-refractivity contribution is 0.0599. The molecule has 0 saturated heterocycles. The number of hydrogen-bond donors (Lipinski definition) is 0. The molecule has 1 aromatic rings. The van der Waals surface area contributed by atoms with Gasteiger partial charge in [0.1, 0.15) is 0 Å². The third kappa shape index (κ3) is 2.03. The summed E-state index contributed by atoms with van der Waals surface area (Å²) in [5, 5.41) is 0. The highest BCUT2D eigenvalue weighted by atomic mass is 16.5. The van der Waals surface area contributed by atoms with E-state index >= 15 is 0 Å². The molecular formula is C11H14O4. The van der Waals surface area contributed by atoms with E-state index in [9.17, 15) is 4.79 Å². The Balaban J connectivity index is 3.29. The Hall–Kier alpha value is -1.71. The summed E-state index contributed by atoms with van der Waals surface area (Å²) in [7, 11) is 4.43. The van der Waals surface area contributed by atoms with Gasteiger partial charge in [0.15, 0.2) is 11.5 Å². The van der Waals surface area contributed by atoms with Crippen LogP contribution in [0.1, 0.15) is 15.9 Å². The second-order valence-electron chi connectivity index (χ2n) is 2.97. The minimum absolute atomic E-state index is 0.381. The predicted octanol–water partition coefficient (Wildman–Crippen LogP) is 1.80. The molecule has 0 aromatic heterocycles. The van der Waals surface area contributed by atoms with E-state index in [-0.39, 0.29) is 5.97 Å². The Morgan fingerprint density at radius 3 is 2.27 bits per heavy atom. The third-order valence-corrected chi connectivity index (χ3v) is 2.20. The van der Waals surface area contributed by atoms with Crippen LogP contribution in [-0.2, 0) is 4.74 Å². The molecule has 0 aliphatic heterocycles. The van der Waals surface area contributed by atoms with Gasteiger partial charge in [0.2, 0.25) is 0 Å². The SMILES string of the molecule is COC(=O)c1ccc(OC)c(OC)c1C. The molecule has 0 unspecified atom stereocenters. The zero-order valence-corrected chi connectivity index (χ0v) is 9.29. The first kappa shape index (κ1) is 11.4. The van der Waals surface area contributed by atoms with Crippen molar-refractivity contribution in [3.63, 3.8) is 0 Å². The maximum atomic E-state index is 11.4. The summed E-state index contributed by atoms with van der Waals surface area (Å²) in [6.07, 6.45) is 0. The number of carbonyl (C=O) groups excluding carboxylic acids is 1. The van der Waals surface area contributed by atoms with E-state index in [1.165, 1.54) is 14.2 Å². The van der Waals surface area contributed by atoms with Crippen molar-refractivity contribution < 1.29 is 19.0 Å². The van der Waals surface area contributed by atoms with Gasteiger partial charge in [-0.05, 0) is 19.1 Å². The van der Waals surface area contributed by atoms with Crippen LogP contribution >= 0.6 is 0 Å². The maximum Gasteiger partial charge on any atom is 0.338 e. The lowest BCUT2D eigenvalue weighted by Crippen LogP contribution is -2.05. The van der Waals surface area contributed by atoms with Crippen molar-refractivity contribution in [3.8, 4) is 11.5 Å². The van der Waals surface area contributed by atoms with Crippen molar-refractivity contribution >= 4 is 5.97 Å². The lowest BCUT2D eigenvalue weighted by atomic mass is 10.1. The van der Waals surface area contributed by atoms with E-state index in [2.05, 4.69) is 4.74 Å². The van der Waals surface area contributed by atoms with E-state index in [0.29, 0.717) is 22.6 Å². The first-order valence-electron chi connectivity index (χ1n) is 4.45. The summed E-state index contributed by atoms with van der Waals surface area (Å²) in [5.74, 6) is 0.775. The molecule has 4 nitrogen and oxygen atoms in total. The van der Waals surface area contributed by atoms with E-state index in [4.69, 9.17) is 9.47 Å². The molecule has 0 aliphatic rings. The van der Waals surface area contributed by atoms with Gasteiger partial charge < -0.3 is 14.2 Å². The Kier molecular flexibility index (Phi) is 3.55. The standard InChI is InChI=1S/C11H14O4/c1-7-8(11(12)15-4)5-6-9(13-2)10(7)14-3/h5-6H,1-4H3. The zero-order valence-electron chi connectivity index (χ0n) is 9.29. The Morgan fingerprint density at radius 2 is 1.80 bits per heavy atom. The van der Waals surface area contributed by atoms with Crippen LogP contribution in [0.3, 0.4) is 0 Å². The van der Waals surface area contributed by atoms with E-state index in [1.807, 2.05) is 0 Å². The first-order valence-corrected chi connectivity index (χ1v) is 4.45. The quantitative estimate of drug-likeness (QED) is 0.713. The van der Waals surface area contributed by atoms with Crippen molar-refractivity contribution in [3.05, 3.63) is 23.3 Å². The number of carbonyl (C=O) groups is 1. The first-order chi connectivity index (χ1) is 7.15. The van der Waals surface area contributed by atoms with Crippen LogP contribution in [0.5, 0.6) is 11.5 Å². The van der Waals surface area contributed by atoms with Crippen LogP contribution in [0, 0.1) is 6.92 Å². The van der Waals surface area contributed by atoms with Gasteiger partial charge in [0.05, 0.1) is 26.9 Å². The van der Waals surface area contributed by atoms with Crippen LogP contribution in [0.4, 0.5) is 0 Å². The number of benzene rings is 1. The highest BCUT2D eigenvalue weighted by molar-refractivity contribution is 5.92. The molecule has 1 aromatic carbocycles. The second-order valence-corrected chi connectivity index (χ2v) is 2.97. The summed E-state index contributed by atoms with van der Waals surface area (Å²) in [5.41, 5.74) is 1.19. The van der Waals surface area contributed by atoms with Crippen LogP contribution in [-0.4, -0.2) is 27.3 Å². The molecule has 0 heterocycles. The van der Waals surface area contributed by atoms with Gasteiger partial charge in [-0.15, -0.1) is 0 Å². The molecule has 0 aliphatic carbocycles. The average Bonchev–Trinajstić information content (AvgIpc) is 2.27. The molecule has 4 heteroatoms. The second kappa shape index (κ2) is 4.68. The van der Waals surface area contributed by atoms with E-state index in [1.54, 1.807) is 26.2 Å². The normalized spacial score (nSPS) is 9.60. The van der Waals surface area contributed by atoms with E-state index < -0.39 is 0 Å². The number of rotatable bonds is 3. The third-order valence-electron chi connectivity index (χ3n) is 2.20. The summed E-state index contributed by atoms with van der Waals surface area (Å²) >= 11 is 0. The van der Waals surface area contributed by atoms with Gasteiger partial charge in [0, 0.05) is 5.56 Å². The van der Waals surface area contributed by atoms with Gasteiger partial charge in [0.25, 0.3) is 0 Å². The highest BCUT2D eigenvalue weighted by Crippen LogP contribution is 2.32. The lowest BCUT2D eigenvalue weighted by Gasteiger charge is -2.12. The summed E-state index contributed by atoms with van der Waals surface area (Å²) in [4.78, 5) is 11.4. The monoisotopic (exact) mass is 210 g/mol. The van der Waals surface area contributed by atoms with Gasteiger partial charge in [-0.1, -0.05) is 0 Å². The van der Waals surface area contributed by atoms with Crippen LogP contribution < -0.4 is 9.47 Å². The predicted molar refractivity (Wildman–Crippen MR) is 55.6 cm³/mol. The van der Waals surface area contributed by atoms with Gasteiger partial charge in [-0.3, -0.25) is 0 Å². The number of hydrogen-bond acceptors (Lipinski definition) is 4. The molecular weight excluding hydrogens is 196 g/mol. The van der Waals surface area contributed by atoms with Gasteiger partial charge >= 0.3 is 5.97 Å². The minimum atomic E-state index is -0.381. The van der Waals surface area contributed by atoms with Gasteiger partial charge in [-0.2, -0.15) is 0 Å². The molecule has 0 bridgehead atoms. The molecule has 82 valence electrons. The van der Waals surface area contributed by atoms with Crippen molar-refractivity contribution in [1.29, 1.82) is 0 Å². The fourth-order valence-corrected chi connectivity index (χ4v) is 1.41. The maximum absolute atomic E-state index is 11.4. The summed E-state index contributed by atoms with van der Waals surface area (Å²) in [6.45, 7) is 1.79. The summed E-state index contributed by atoms with van der Waals surface area (Å²) < 4.78 is 14.9. The smallest absolute Gasteiger partial charge is 0.338 e. The van der Waals surface area contributed by atoms with Crippen molar-refractivity contribution in [2.45, 2.75) is 6.92 Å². The van der Waals surface area contributed by atoms with Crippen LogP contribution in [0.2, 0.25) is 0 Å². The van der Waals surface area contributed by atoms with Crippen molar-refractivity contribution in [2.75, 3.05) is 21.3 Å². The molecule has 0 amide bonds. The minimum Gasteiger partial charge on any atom is -0.493 e. The molecule has 0 fully saturated rings. The fourth-order valence-electron chi connectivity index (χ4n) is 1.41. The number of esters is 1. The van der Waals surface area contributed by atoms with Crippen molar-refractivity contribution in [1.82, 2.24) is 0 Å². The van der Waals surface area contributed by atoms with Gasteiger partial charge in [-0.25, -0.2) is 4.79 Å². The Bertz CT molecular complexity index is 371. The fraction of sp³-hybridized carbons (Fsp3) is 0.364. The van der Waals surface area contributed by atoms with Crippen LogP contribution in [0.15, 0.2) is 12.1 Å². The topological polar surface area (TPSA) is 44.8 Å². The summed E-state index contributed by atoms with van der Waals surface area (Å²) in [6, 6.07) is 3.33. The molecule has 0 radical (unpaired) electrons. The molecule has 0 N–H and O–H groups in total. The van der Waals surface area contributed by atoms with Crippen LogP contribution in [0.25, 0.3) is 0 Å². The molecule has 0 spiro atoms. The zero-order chi connectivity index (χ0) is 11.4. The van der Waals surface area contributed by atoms with Crippen molar-refractivity contribution in [2.24, 2.45) is 0 Å². The highest BCUT2D eigenvalue weighted by Gasteiger charge is 2.16. The molecule has 0 atom stereocenters. The Labute approximate surface area is 88.8 Å².